The van der Waals surface area contributed by atoms with Gasteiger partial charge in [0.05, 0.1) is 12.0 Å². The van der Waals surface area contributed by atoms with Crippen molar-refractivity contribution in [1.82, 2.24) is 0 Å². The fraction of sp³-hybridized carbons (Fsp3) is 0.533. The predicted octanol–water partition coefficient (Wildman–Crippen LogP) is 4.01. The molecule has 0 aliphatic heterocycles. The molecule has 0 saturated heterocycles. The van der Waals surface area contributed by atoms with Crippen molar-refractivity contribution in [2.45, 2.75) is 39.5 Å². The molecule has 1 rings (SSSR count). The quantitative estimate of drug-likeness (QED) is 0.734. The highest BCUT2D eigenvalue weighted by atomic mass is 19.2. The molecule has 0 aliphatic carbocycles. The van der Waals surface area contributed by atoms with Gasteiger partial charge in [-0.3, -0.25) is 4.79 Å². The predicted molar refractivity (Wildman–Crippen MR) is 71.7 cm³/mol. The Bertz CT molecular complexity index is 456. The van der Waals surface area contributed by atoms with Gasteiger partial charge in [0, 0.05) is 6.07 Å². The third-order valence-corrected chi connectivity index (χ3v) is 3.77. The van der Waals surface area contributed by atoms with E-state index in [1.807, 2.05) is 13.8 Å². The van der Waals surface area contributed by atoms with Crippen molar-refractivity contribution in [3.05, 3.63) is 29.8 Å². The maximum Gasteiger partial charge on any atom is 0.309 e. The van der Waals surface area contributed by atoms with E-state index in [4.69, 9.17) is 4.74 Å². The lowest BCUT2D eigenvalue weighted by molar-refractivity contribution is -0.150. The number of carbonyl (C=O) groups is 1. The molecule has 0 aliphatic rings. The summed E-state index contributed by atoms with van der Waals surface area (Å²) in [4.78, 5) is 11.3. The van der Waals surface area contributed by atoms with Gasteiger partial charge in [-0.15, -0.1) is 0 Å². The molecule has 1 aromatic rings. The summed E-state index contributed by atoms with van der Waals surface area (Å²) in [6.07, 6.45) is 2.17. The van der Waals surface area contributed by atoms with Crippen LogP contribution in [0.15, 0.2) is 18.2 Å². The molecule has 0 bridgehead atoms. The Morgan fingerprint density at radius 1 is 1.25 bits per heavy atom. The molecule has 0 aromatic heterocycles. The smallest absolute Gasteiger partial charge is 0.309 e. The number of halogens is 2. The highest BCUT2D eigenvalue weighted by Crippen LogP contribution is 2.32. The van der Waals surface area contributed by atoms with Gasteiger partial charge in [0.15, 0.2) is 11.6 Å². The summed E-state index contributed by atoms with van der Waals surface area (Å²) in [5.41, 5.74) is -0.725. The Balaban J connectivity index is 2.48. The molecule has 1 aromatic carbocycles. The van der Waals surface area contributed by atoms with Crippen molar-refractivity contribution in [3.8, 4) is 5.75 Å². The molecule has 0 spiro atoms. The number of carboxylic acid groups (broad SMARTS) is 1. The van der Waals surface area contributed by atoms with E-state index >= 15 is 0 Å². The summed E-state index contributed by atoms with van der Waals surface area (Å²) in [7, 11) is 0. The number of hydrogen-bond acceptors (Lipinski definition) is 2. The average molecular weight is 286 g/mol. The minimum Gasteiger partial charge on any atom is -0.493 e. The zero-order chi connectivity index (χ0) is 15.2. The van der Waals surface area contributed by atoms with Crippen LogP contribution in [0, 0.1) is 17.0 Å². The van der Waals surface area contributed by atoms with Crippen LogP contribution in [0.3, 0.4) is 0 Å². The average Bonchev–Trinajstić information content (AvgIpc) is 2.43. The van der Waals surface area contributed by atoms with Crippen LogP contribution in [-0.2, 0) is 4.79 Å². The SMILES string of the molecule is CCC(CC)(CCCOc1ccc(F)c(F)c1)C(=O)O. The molecule has 20 heavy (non-hydrogen) atoms. The molecule has 0 atom stereocenters. The molecule has 0 fully saturated rings. The zero-order valence-corrected chi connectivity index (χ0v) is 11.8. The summed E-state index contributed by atoms with van der Waals surface area (Å²) in [5.74, 6) is -2.42. The van der Waals surface area contributed by atoms with Crippen molar-refractivity contribution >= 4 is 5.97 Å². The first-order chi connectivity index (χ1) is 9.45. The summed E-state index contributed by atoms with van der Waals surface area (Å²) in [6, 6.07) is 3.34. The molecule has 0 saturated carbocycles. The number of rotatable bonds is 8. The number of benzene rings is 1. The van der Waals surface area contributed by atoms with Crippen molar-refractivity contribution in [1.29, 1.82) is 0 Å². The van der Waals surface area contributed by atoms with Gasteiger partial charge < -0.3 is 9.84 Å². The van der Waals surface area contributed by atoms with Gasteiger partial charge >= 0.3 is 5.97 Å². The van der Waals surface area contributed by atoms with Crippen LogP contribution >= 0.6 is 0 Å². The molecule has 3 nitrogen and oxygen atoms in total. The summed E-state index contributed by atoms with van der Waals surface area (Å²) >= 11 is 0. The summed E-state index contributed by atoms with van der Waals surface area (Å²) in [5, 5.41) is 9.27. The number of carboxylic acids is 1. The summed E-state index contributed by atoms with van der Waals surface area (Å²) < 4.78 is 31.0. The highest BCUT2D eigenvalue weighted by Gasteiger charge is 2.33. The molecule has 5 heteroatoms. The second-order valence-electron chi connectivity index (χ2n) is 4.82. The van der Waals surface area contributed by atoms with Crippen LogP contribution < -0.4 is 4.74 Å². The van der Waals surface area contributed by atoms with Gasteiger partial charge in [-0.2, -0.15) is 0 Å². The van der Waals surface area contributed by atoms with E-state index in [-0.39, 0.29) is 12.4 Å². The van der Waals surface area contributed by atoms with Crippen LogP contribution in [0.25, 0.3) is 0 Å². The zero-order valence-electron chi connectivity index (χ0n) is 11.8. The van der Waals surface area contributed by atoms with E-state index in [9.17, 15) is 18.7 Å². The molecular formula is C15H20F2O3. The Morgan fingerprint density at radius 3 is 2.40 bits per heavy atom. The molecular weight excluding hydrogens is 266 g/mol. The highest BCUT2D eigenvalue weighted by molar-refractivity contribution is 5.74. The van der Waals surface area contributed by atoms with Gasteiger partial charge in [0.25, 0.3) is 0 Å². The Hall–Kier alpha value is -1.65. The monoisotopic (exact) mass is 286 g/mol. The lowest BCUT2D eigenvalue weighted by Crippen LogP contribution is -2.30. The largest absolute Gasteiger partial charge is 0.493 e. The number of ether oxygens (including phenoxy) is 1. The molecule has 112 valence electrons. The van der Waals surface area contributed by atoms with Crippen LogP contribution in [0.4, 0.5) is 8.78 Å². The maximum atomic E-state index is 13.0. The van der Waals surface area contributed by atoms with E-state index < -0.39 is 23.0 Å². The Morgan fingerprint density at radius 2 is 1.90 bits per heavy atom. The van der Waals surface area contributed by atoms with Crippen molar-refractivity contribution < 1.29 is 23.4 Å². The molecule has 0 amide bonds. The van der Waals surface area contributed by atoms with E-state index in [1.165, 1.54) is 6.07 Å². The molecule has 1 N–H and O–H groups in total. The minimum atomic E-state index is -0.954. The first-order valence-corrected chi connectivity index (χ1v) is 6.76. The Labute approximate surface area is 117 Å². The van der Waals surface area contributed by atoms with Crippen molar-refractivity contribution in [2.24, 2.45) is 5.41 Å². The lowest BCUT2D eigenvalue weighted by atomic mass is 9.78. The molecule has 0 unspecified atom stereocenters. The molecule has 0 radical (unpaired) electrons. The second kappa shape index (κ2) is 7.22. The number of aliphatic carboxylic acids is 1. The first-order valence-electron chi connectivity index (χ1n) is 6.76. The lowest BCUT2D eigenvalue weighted by Gasteiger charge is -2.26. The van der Waals surface area contributed by atoms with Crippen molar-refractivity contribution in [3.63, 3.8) is 0 Å². The van der Waals surface area contributed by atoms with Crippen LogP contribution in [0.2, 0.25) is 0 Å². The summed E-state index contributed by atoms with van der Waals surface area (Å²) in [6.45, 7) is 3.99. The topological polar surface area (TPSA) is 46.5 Å². The van der Waals surface area contributed by atoms with Crippen LogP contribution in [-0.4, -0.2) is 17.7 Å². The number of hydrogen-bond donors (Lipinski definition) is 1. The normalized spacial score (nSPS) is 11.4. The van der Waals surface area contributed by atoms with Crippen LogP contribution in [0.5, 0.6) is 5.75 Å². The second-order valence-corrected chi connectivity index (χ2v) is 4.82. The van der Waals surface area contributed by atoms with Gasteiger partial charge in [0.1, 0.15) is 5.75 Å². The third-order valence-electron chi connectivity index (χ3n) is 3.77. The van der Waals surface area contributed by atoms with E-state index in [2.05, 4.69) is 0 Å². The van der Waals surface area contributed by atoms with Gasteiger partial charge in [-0.05, 0) is 37.8 Å². The molecule has 0 heterocycles. The maximum absolute atomic E-state index is 13.0. The van der Waals surface area contributed by atoms with Crippen LogP contribution in [0.1, 0.15) is 39.5 Å². The van der Waals surface area contributed by atoms with Gasteiger partial charge in [0.2, 0.25) is 0 Å². The van der Waals surface area contributed by atoms with E-state index in [1.54, 1.807) is 0 Å². The van der Waals surface area contributed by atoms with Crippen molar-refractivity contribution in [2.75, 3.05) is 6.61 Å². The third kappa shape index (κ3) is 3.92. The first kappa shape index (κ1) is 16.4. The van der Waals surface area contributed by atoms with E-state index in [0.29, 0.717) is 25.7 Å². The Kier molecular flexibility index (Phi) is 5.92. The fourth-order valence-electron chi connectivity index (χ4n) is 2.18. The fourth-order valence-corrected chi connectivity index (χ4v) is 2.18. The van der Waals surface area contributed by atoms with Gasteiger partial charge in [-0.1, -0.05) is 13.8 Å². The van der Waals surface area contributed by atoms with E-state index in [0.717, 1.165) is 12.1 Å². The van der Waals surface area contributed by atoms with Gasteiger partial charge in [-0.25, -0.2) is 8.78 Å². The standard InChI is InChI=1S/C15H20F2O3/c1-3-15(4-2,14(18)19)8-5-9-20-11-6-7-12(16)13(17)10-11/h6-7,10H,3-5,8-9H2,1-2H3,(H,18,19). The minimum absolute atomic E-state index is 0.248.